The van der Waals surface area contributed by atoms with E-state index in [0.717, 1.165) is 10.0 Å². The summed E-state index contributed by atoms with van der Waals surface area (Å²) in [6.07, 6.45) is 3.01. The Balaban J connectivity index is 2.11. The van der Waals surface area contributed by atoms with E-state index in [1.54, 1.807) is 13.0 Å². The largest absolute Gasteiger partial charge is 0.318 e. The predicted octanol–water partition coefficient (Wildman–Crippen LogP) is 1.34. The first-order valence-corrected chi connectivity index (χ1v) is 6.84. The number of hydrogen-bond acceptors (Lipinski definition) is 3. The van der Waals surface area contributed by atoms with Crippen LogP contribution in [0.25, 0.3) is 6.08 Å². The van der Waals surface area contributed by atoms with Crippen molar-refractivity contribution in [3.8, 4) is 0 Å². The Labute approximate surface area is 124 Å². The molecule has 1 aliphatic heterocycles. The Hall–Kier alpha value is -1.95. The van der Waals surface area contributed by atoms with Gasteiger partial charge in [-0.2, -0.15) is 0 Å². The lowest BCUT2D eigenvalue weighted by Gasteiger charge is -2.30. The molecule has 6 heteroatoms. The minimum atomic E-state index is -0.646. The molecule has 1 heterocycles. The number of halogens is 1. The van der Waals surface area contributed by atoms with Gasteiger partial charge in [0.1, 0.15) is 12.6 Å². The van der Waals surface area contributed by atoms with Crippen LogP contribution in [-0.2, 0) is 14.4 Å². The maximum Gasteiger partial charge on any atom is 0.249 e. The van der Waals surface area contributed by atoms with Gasteiger partial charge in [0.25, 0.3) is 0 Å². The molecule has 1 aromatic rings. The number of piperazine rings is 1. The van der Waals surface area contributed by atoms with E-state index in [1.807, 2.05) is 24.3 Å². The van der Waals surface area contributed by atoms with Gasteiger partial charge >= 0.3 is 0 Å². The molecule has 3 amide bonds. The molecule has 1 N–H and O–H groups in total. The van der Waals surface area contributed by atoms with E-state index in [9.17, 15) is 14.4 Å². The van der Waals surface area contributed by atoms with Gasteiger partial charge in [-0.3, -0.25) is 19.7 Å². The van der Waals surface area contributed by atoms with Crippen molar-refractivity contribution in [1.82, 2.24) is 10.2 Å². The Kier molecular flexibility index (Phi) is 4.34. The summed E-state index contributed by atoms with van der Waals surface area (Å²) in [5, 5.41) is 2.19. The van der Waals surface area contributed by atoms with Crippen LogP contribution in [0.2, 0.25) is 0 Å². The second kappa shape index (κ2) is 6.00. The third-order valence-corrected chi connectivity index (χ3v) is 3.47. The summed E-state index contributed by atoms with van der Waals surface area (Å²) in [6.45, 7) is 1.49. The number of hydrogen-bond donors (Lipinski definition) is 1. The van der Waals surface area contributed by atoms with Gasteiger partial charge in [-0.1, -0.05) is 28.1 Å². The van der Waals surface area contributed by atoms with Crippen molar-refractivity contribution in [2.75, 3.05) is 6.54 Å². The van der Waals surface area contributed by atoms with Crippen molar-refractivity contribution in [3.63, 3.8) is 0 Å². The van der Waals surface area contributed by atoms with E-state index in [4.69, 9.17) is 0 Å². The maximum atomic E-state index is 12.1. The Morgan fingerprint density at radius 2 is 2.20 bits per heavy atom. The quantitative estimate of drug-likeness (QED) is 0.654. The molecule has 1 aliphatic rings. The third-order valence-electron chi connectivity index (χ3n) is 2.97. The van der Waals surface area contributed by atoms with Crippen LogP contribution >= 0.6 is 15.9 Å². The number of carbonyl (C=O) groups is 3. The lowest BCUT2D eigenvalue weighted by Crippen LogP contribution is -2.58. The second-order valence-electron chi connectivity index (χ2n) is 4.44. The van der Waals surface area contributed by atoms with E-state index in [1.165, 1.54) is 11.0 Å². The first-order chi connectivity index (χ1) is 9.47. The summed E-state index contributed by atoms with van der Waals surface area (Å²) in [5.74, 6) is -1.27. The molecule has 1 saturated heterocycles. The zero-order valence-electron chi connectivity index (χ0n) is 10.8. The number of rotatable bonds is 2. The van der Waals surface area contributed by atoms with E-state index in [2.05, 4.69) is 21.2 Å². The highest BCUT2D eigenvalue weighted by atomic mass is 79.9. The van der Waals surface area contributed by atoms with Crippen molar-refractivity contribution < 1.29 is 14.4 Å². The summed E-state index contributed by atoms with van der Waals surface area (Å²) in [7, 11) is 0. The van der Waals surface area contributed by atoms with Crippen molar-refractivity contribution in [2.24, 2.45) is 0 Å². The lowest BCUT2D eigenvalue weighted by atomic mass is 10.1. The fourth-order valence-corrected chi connectivity index (χ4v) is 2.27. The highest BCUT2D eigenvalue weighted by Gasteiger charge is 2.32. The highest BCUT2D eigenvalue weighted by molar-refractivity contribution is 9.10. The molecule has 104 valence electrons. The lowest BCUT2D eigenvalue weighted by molar-refractivity contribution is -0.147. The molecule has 0 radical (unpaired) electrons. The zero-order valence-corrected chi connectivity index (χ0v) is 12.4. The van der Waals surface area contributed by atoms with Gasteiger partial charge < -0.3 is 4.90 Å². The van der Waals surface area contributed by atoms with Gasteiger partial charge in [0.05, 0.1) is 0 Å². The highest BCUT2D eigenvalue weighted by Crippen LogP contribution is 2.13. The van der Waals surface area contributed by atoms with Gasteiger partial charge in [0.15, 0.2) is 0 Å². The molecule has 2 rings (SSSR count). The smallest absolute Gasteiger partial charge is 0.249 e. The molecule has 0 bridgehead atoms. The Morgan fingerprint density at radius 3 is 2.90 bits per heavy atom. The van der Waals surface area contributed by atoms with E-state index in [0.29, 0.717) is 0 Å². The zero-order chi connectivity index (χ0) is 14.7. The first kappa shape index (κ1) is 14.5. The molecule has 0 spiro atoms. The first-order valence-electron chi connectivity index (χ1n) is 6.05. The van der Waals surface area contributed by atoms with E-state index in [-0.39, 0.29) is 12.5 Å². The SMILES string of the molecule is CC1C(=O)NC(=O)CN1C(=O)C=Cc1cccc(Br)c1. The molecule has 1 aromatic carbocycles. The van der Waals surface area contributed by atoms with Crippen molar-refractivity contribution in [2.45, 2.75) is 13.0 Å². The number of amides is 3. The summed E-state index contributed by atoms with van der Waals surface area (Å²) in [6, 6.07) is 6.81. The minimum absolute atomic E-state index is 0.103. The Bertz CT molecular complexity index is 598. The normalized spacial score (nSPS) is 19.3. The average molecular weight is 337 g/mol. The fourth-order valence-electron chi connectivity index (χ4n) is 1.86. The summed E-state index contributed by atoms with van der Waals surface area (Å²) < 4.78 is 0.910. The molecule has 1 fully saturated rings. The van der Waals surface area contributed by atoms with Crippen LogP contribution in [0, 0.1) is 0 Å². The van der Waals surface area contributed by atoms with Gasteiger partial charge in [-0.05, 0) is 30.7 Å². The second-order valence-corrected chi connectivity index (χ2v) is 5.36. The standard InChI is InChI=1S/C14H13BrN2O3/c1-9-14(20)16-12(18)8-17(9)13(19)6-5-10-3-2-4-11(15)7-10/h2-7,9H,8H2,1H3,(H,16,18,20). The topological polar surface area (TPSA) is 66.5 Å². The molecular formula is C14H13BrN2O3. The fraction of sp³-hybridized carbons (Fsp3) is 0.214. The van der Waals surface area contributed by atoms with E-state index < -0.39 is 17.9 Å². The molecule has 0 aliphatic carbocycles. The van der Waals surface area contributed by atoms with Crippen LogP contribution in [0.4, 0.5) is 0 Å². The van der Waals surface area contributed by atoms with Crippen LogP contribution in [0.3, 0.4) is 0 Å². The number of imide groups is 1. The maximum absolute atomic E-state index is 12.1. The number of nitrogens with zero attached hydrogens (tertiary/aromatic N) is 1. The average Bonchev–Trinajstić information content (AvgIpc) is 2.40. The van der Waals surface area contributed by atoms with Crippen LogP contribution in [-0.4, -0.2) is 35.2 Å². The molecular weight excluding hydrogens is 324 g/mol. The van der Waals surface area contributed by atoms with Crippen molar-refractivity contribution >= 4 is 39.7 Å². The van der Waals surface area contributed by atoms with Gasteiger partial charge in [0, 0.05) is 10.5 Å². The van der Waals surface area contributed by atoms with Crippen LogP contribution in [0.15, 0.2) is 34.8 Å². The van der Waals surface area contributed by atoms with Crippen LogP contribution < -0.4 is 5.32 Å². The van der Waals surface area contributed by atoms with Crippen molar-refractivity contribution in [3.05, 3.63) is 40.4 Å². The number of benzene rings is 1. The summed E-state index contributed by atoms with van der Waals surface area (Å²) in [5.41, 5.74) is 0.855. The van der Waals surface area contributed by atoms with Crippen molar-refractivity contribution in [1.29, 1.82) is 0 Å². The molecule has 1 unspecified atom stereocenters. The minimum Gasteiger partial charge on any atom is -0.318 e. The summed E-state index contributed by atoms with van der Waals surface area (Å²) in [4.78, 5) is 36.1. The van der Waals surface area contributed by atoms with E-state index >= 15 is 0 Å². The van der Waals surface area contributed by atoms with Gasteiger partial charge in [-0.15, -0.1) is 0 Å². The molecule has 1 atom stereocenters. The number of carbonyl (C=O) groups excluding carboxylic acids is 3. The van der Waals surface area contributed by atoms with Crippen LogP contribution in [0.5, 0.6) is 0 Å². The Morgan fingerprint density at radius 1 is 1.45 bits per heavy atom. The summed E-state index contributed by atoms with van der Waals surface area (Å²) >= 11 is 3.34. The van der Waals surface area contributed by atoms with Gasteiger partial charge in [-0.25, -0.2) is 0 Å². The monoisotopic (exact) mass is 336 g/mol. The molecule has 0 aromatic heterocycles. The molecule has 0 saturated carbocycles. The predicted molar refractivity (Wildman–Crippen MR) is 77.5 cm³/mol. The van der Waals surface area contributed by atoms with Gasteiger partial charge in [0.2, 0.25) is 17.7 Å². The third kappa shape index (κ3) is 3.33. The van der Waals surface area contributed by atoms with Crippen LogP contribution in [0.1, 0.15) is 12.5 Å². The number of nitrogens with one attached hydrogen (secondary N) is 1. The molecule has 20 heavy (non-hydrogen) atoms. The molecule has 5 nitrogen and oxygen atoms in total.